The summed E-state index contributed by atoms with van der Waals surface area (Å²) < 4.78 is 86.2. The van der Waals surface area contributed by atoms with Crippen molar-refractivity contribution in [2.75, 3.05) is 52.9 Å². The van der Waals surface area contributed by atoms with Gasteiger partial charge in [-0.05, 0) is 0 Å². The molecule has 0 aromatic heterocycles. The van der Waals surface area contributed by atoms with Crippen LogP contribution >= 0.6 is 0 Å². The second-order valence-electron chi connectivity index (χ2n) is 23.1. The molecule has 536 valence electrons. The molecule has 40 atom stereocenters. The van der Waals surface area contributed by atoms with Crippen LogP contribution in [0.1, 0.15) is 6.92 Å². The van der Waals surface area contributed by atoms with Gasteiger partial charge in [0, 0.05) is 6.92 Å². The van der Waals surface area contributed by atoms with Gasteiger partial charge in [0.05, 0.1) is 52.9 Å². The number of aliphatic hydroxyl groups excluding tert-OH is 25. The summed E-state index contributed by atoms with van der Waals surface area (Å²) in [7, 11) is 0. The van der Waals surface area contributed by atoms with Crippen LogP contribution in [0.3, 0.4) is 0 Å². The van der Waals surface area contributed by atoms with Gasteiger partial charge >= 0.3 is 0 Å². The Balaban J connectivity index is 1.09. The van der Waals surface area contributed by atoms with Crippen LogP contribution in [0.2, 0.25) is 0 Å². The fourth-order valence-electron chi connectivity index (χ4n) is 11.7. The van der Waals surface area contributed by atoms with Crippen LogP contribution in [0, 0.1) is 0 Å². The van der Waals surface area contributed by atoms with Crippen molar-refractivity contribution >= 4 is 5.91 Å². The van der Waals surface area contributed by atoms with Gasteiger partial charge in [-0.25, -0.2) is 0 Å². The van der Waals surface area contributed by atoms with Crippen LogP contribution in [-0.4, -0.2) is 432 Å². The lowest BCUT2D eigenvalue weighted by Gasteiger charge is -2.50. The van der Waals surface area contributed by atoms with E-state index in [0.29, 0.717) is 0 Å². The molecule has 0 radical (unpaired) electrons. The van der Waals surface area contributed by atoms with Crippen molar-refractivity contribution in [1.82, 2.24) is 5.32 Å². The first-order chi connectivity index (χ1) is 43.6. The zero-order chi connectivity index (χ0) is 67.6. The van der Waals surface area contributed by atoms with Crippen LogP contribution in [0.25, 0.3) is 0 Å². The van der Waals surface area contributed by atoms with Gasteiger partial charge in [-0.15, -0.1) is 0 Å². The number of ether oxygens (including phenoxy) is 15. The van der Waals surface area contributed by atoms with E-state index in [0.717, 1.165) is 6.92 Å². The molecule has 0 saturated carbocycles. The molecular formula is C50H85NO41. The van der Waals surface area contributed by atoms with Crippen LogP contribution < -0.4 is 5.32 Å². The second-order valence-corrected chi connectivity index (χ2v) is 23.1. The first kappa shape index (κ1) is 75.6. The molecule has 26 N–H and O–H groups in total. The maximum Gasteiger partial charge on any atom is 0.217 e. The monoisotopic (exact) mass is 1360 g/mol. The average molecular weight is 1360 g/mol. The molecule has 1 amide bonds. The number of amides is 1. The van der Waals surface area contributed by atoms with Crippen molar-refractivity contribution < 1.29 is 204 Å². The fraction of sp³-hybridized carbons (Fsp3) is 0.980. The molecule has 1 unspecified atom stereocenters. The third-order valence-electron chi connectivity index (χ3n) is 17.0. The number of hydrogen-bond donors (Lipinski definition) is 26. The van der Waals surface area contributed by atoms with Crippen molar-refractivity contribution in [3.8, 4) is 0 Å². The van der Waals surface area contributed by atoms with E-state index in [1.165, 1.54) is 0 Å². The third kappa shape index (κ3) is 15.8. The van der Waals surface area contributed by atoms with Crippen LogP contribution in [0.4, 0.5) is 0 Å². The average Bonchev–Trinajstić information content (AvgIpc) is 0.794. The Kier molecular flexibility index (Phi) is 26.9. The van der Waals surface area contributed by atoms with E-state index >= 15 is 0 Å². The van der Waals surface area contributed by atoms with Crippen molar-refractivity contribution in [3.63, 3.8) is 0 Å². The maximum absolute atomic E-state index is 12.2. The van der Waals surface area contributed by atoms with Gasteiger partial charge in [0.1, 0.15) is 195 Å². The third-order valence-corrected chi connectivity index (χ3v) is 17.0. The van der Waals surface area contributed by atoms with Crippen LogP contribution in [0.5, 0.6) is 0 Å². The van der Waals surface area contributed by atoms with E-state index < -0.39 is 304 Å². The normalized spacial score (nSPS) is 52.2. The number of hydrogen-bond acceptors (Lipinski definition) is 41. The summed E-state index contributed by atoms with van der Waals surface area (Å²) in [6.07, 6.45) is -81.0. The Morgan fingerprint density at radius 3 is 0.946 bits per heavy atom. The van der Waals surface area contributed by atoms with Crippen LogP contribution in [-0.2, 0) is 75.8 Å². The number of carbonyl (C=O) groups is 1. The molecule has 0 bridgehead atoms. The molecule has 8 aliphatic rings. The van der Waals surface area contributed by atoms with Gasteiger partial charge < -0.3 is 204 Å². The van der Waals surface area contributed by atoms with Gasteiger partial charge in [0.15, 0.2) is 50.3 Å². The van der Waals surface area contributed by atoms with Gasteiger partial charge in [0.2, 0.25) is 5.91 Å². The summed E-state index contributed by atoms with van der Waals surface area (Å²) in [6, 6.07) is -1.72. The summed E-state index contributed by atoms with van der Waals surface area (Å²) in [5.41, 5.74) is 0. The van der Waals surface area contributed by atoms with Gasteiger partial charge in [-0.1, -0.05) is 0 Å². The Bertz CT molecular complexity index is 2260. The lowest BCUT2D eigenvalue weighted by molar-refractivity contribution is -0.407. The van der Waals surface area contributed by atoms with Gasteiger partial charge in [-0.3, -0.25) is 4.79 Å². The highest BCUT2D eigenvalue weighted by molar-refractivity contribution is 5.73. The molecular weight excluding hydrogens is 1270 g/mol. The standard InChI is InChI=1S/C50H85NO41/c1-10(59)51-19-27(67)37(17(8-58)79-43(19)77)87-47-36(76)39(89-49-42(32(72)24(64)14(5-55)84-49)92-50-41(31(71)23(63)15(6-56)85-50)91-46-34(74)29(69)21(61)12(3-53)82-46)26(66)18(86-47)9-78-44-35(75)38(25(65)16(7-57)80-44)88-48-40(30(70)22(62)13(4-54)83-48)90-45-33(73)28(68)20(60)11(2-52)81-45/h11-50,52-58,60-77H,2-9H2,1H3,(H,51,59)/t11-,12-,13-,14-,15-,16-,17-,18-,19-,20-,21-,22-,23-,24-,25-,26-,27-,28+,29+,30-,31+,32+,33+,34+,35+,36+,37-,38+,39+,40+,41+,42+,43?,44+,45-,46-,47+,48-,49-,50-/m1/s1. The van der Waals surface area contributed by atoms with Crippen molar-refractivity contribution in [2.45, 2.75) is 253 Å². The summed E-state index contributed by atoms with van der Waals surface area (Å²) >= 11 is 0. The Labute approximate surface area is 519 Å². The highest BCUT2D eigenvalue weighted by Crippen LogP contribution is 2.39. The highest BCUT2D eigenvalue weighted by Gasteiger charge is 2.60. The lowest BCUT2D eigenvalue weighted by Crippen LogP contribution is -2.69. The predicted molar refractivity (Wildman–Crippen MR) is 276 cm³/mol. The molecule has 92 heavy (non-hydrogen) atoms. The molecule has 42 nitrogen and oxygen atoms in total. The van der Waals surface area contributed by atoms with E-state index in [1.807, 2.05) is 0 Å². The van der Waals surface area contributed by atoms with Crippen molar-refractivity contribution in [1.29, 1.82) is 0 Å². The van der Waals surface area contributed by atoms with Gasteiger partial charge in [-0.2, -0.15) is 0 Å². The Hall–Kier alpha value is -2.13. The largest absolute Gasteiger partial charge is 0.394 e. The smallest absolute Gasteiger partial charge is 0.217 e. The molecule has 8 heterocycles. The summed E-state index contributed by atoms with van der Waals surface area (Å²) in [5.74, 6) is -0.824. The van der Waals surface area contributed by atoms with Gasteiger partial charge in [0.25, 0.3) is 0 Å². The minimum atomic E-state index is -2.45. The molecule has 8 aliphatic heterocycles. The minimum absolute atomic E-state index is 0.824. The van der Waals surface area contributed by atoms with Crippen LogP contribution in [0.15, 0.2) is 0 Å². The maximum atomic E-state index is 12.2. The molecule has 0 aliphatic carbocycles. The molecule has 8 rings (SSSR count). The summed E-state index contributed by atoms with van der Waals surface area (Å²) in [5, 5.41) is 274. The number of rotatable bonds is 23. The second kappa shape index (κ2) is 32.7. The van der Waals surface area contributed by atoms with E-state index in [-0.39, 0.29) is 0 Å². The fourth-order valence-corrected chi connectivity index (χ4v) is 11.7. The van der Waals surface area contributed by atoms with Crippen molar-refractivity contribution in [2.24, 2.45) is 0 Å². The minimum Gasteiger partial charge on any atom is -0.394 e. The Morgan fingerprint density at radius 1 is 0.283 bits per heavy atom. The number of aliphatic hydroxyl groups is 25. The predicted octanol–water partition coefficient (Wildman–Crippen LogP) is -18.3. The topological polar surface area (TPSA) is 673 Å². The number of nitrogens with one attached hydrogen (secondary N) is 1. The quantitative estimate of drug-likeness (QED) is 0.0452. The SMILES string of the molecule is CC(=O)N[C@H]1C(O)O[C@H](CO)[C@@H](O[C@@H]2O[C@H](CO[C@H]3O[C@H](CO)[C@@H](O)[C@H](O[C@H]4O[C@H](CO)[C@@H](O)[C@@H](O)[C@@H]4O[C@H]4O[C@H](CO)[C@@H](O)[C@H](O)[C@@H]4O)[C@@H]3O)[C@@H](O)[C@H](O[C@H]3O[C@H](CO)[C@@H](O)[C@H](O)[C@@H]3O[C@H]3O[C@H](CO)[C@@H](O)[C@H](O)[C@@H]3O[C@H]3O[C@H](CO)[C@@H](O)[C@H](O)[C@@H]3O)[C@@H]2O)[C@@H]1O. The molecule has 0 aromatic carbocycles. The zero-order valence-electron chi connectivity index (χ0n) is 48.5. The van der Waals surface area contributed by atoms with E-state index in [2.05, 4.69) is 5.32 Å². The number of carbonyl (C=O) groups excluding carboxylic acids is 1. The zero-order valence-corrected chi connectivity index (χ0v) is 48.5. The first-order valence-corrected chi connectivity index (χ1v) is 29.2. The molecule has 0 spiro atoms. The summed E-state index contributed by atoms with van der Waals surface area (Å²) in [4.78, 5) is 12.2. The van der Waals surface area contributed by atoms with E-state index in [9.17, 15) is 132 Å². The summed E-state index contributed by atoms with van der Waals surface area (Å²) in [6.45, 7) is -7.44. The Morgan fingerprint density at radius 2 is 0.565 bits per heavy atom. The highest BCUT2D eigenvalue weighted by atomic mass is 16.8. The van der Waals surface area contributed by atoms with E-state index in [4.69, 9.17) is 71.1 Å². The first-order valence-electron chi connectivity index (χ1n) is 29.2. The molecule has 42 heteroatoms. The molecule has 8 saturated heterocycles. The molecule has 8 fully saturated rings. The molecule has 0 aromatic rings. The van der Waals surface area contributed by atoms with E-state index in [1.54, 1.807) is 0 Å². The lowest BCUT2D eigenvalue weighted by atomic mass is 9.94. The van der Waals surface area contributed by atoms with Crippen molar-refractivity contribution in [3.05, 3.63) is 0 Å².